The normalized spacial score (nSPS) is 17.1. The molecule has 0 aromatic carbocycles. The number of rotatable bonds is 6. The fourth-order valence-corrected chi connectivity index (χ4v) is 1.79. The van der Waals surface area contributed by atoms with Crippen molar-refractivity contribution < 1.29 is 24.2 Å². The first-order valence-electron chi connectivity index (χ1n) is 6.45. The molecule has 0 bridgehead atoms. The van der Waals surface area contributed by atoms with Gasteiger partial charge in [-0.3, -0.25) is 9.59 Å². The largest absolute Gasteiger partial charge is 0.460 e. The highest BCUT2D eigenvalue weighted by atomic mass is 16.5. The summed E-state index contributed by atoms with van der Waals surface area (Å²) < 4.78 is 4.79. The molecule has 1 N–H and O–H groups in total. The van der Waals surface area contributed by atoms with E-state index >= 15 is 0 Å². The summed E-state index contributed by atoms with van der Waals surface area (Å²) in [5.41, 5.74) is 0.236. The van der Waals surface area contributed by atoms with Crippen molar-refractivity contribution in [3.8, 4) is 0 Å². The molecule has 1 aliphatic heterocycles. The number of piperazine rings is 1. The van der Waals surface area contributed by atoms with Crippen LogP contribution in [0.25, 0.3) is 0 Å². The first-order valence-corrected chi connectivity index (χ1v) is 6.45. The van der Waals surface area contributed by atoms with Crippen LogP contribution in [0.2, 0.25) is 0 Å². The highest BCUT2D eigenvalue weighted by Gasteiger charge is 2.32. The minimum Gasteiger partial charge on any atom is -0.460 e. The van der Waals surface area contributed by atoms with Gasteiger partial charge in [0.2, 0.25) is 0 Å². The number of β-amino-alcohol motifs (C(OH)–C–C–N with tert-alkyl or cyclic N) is 1. The zero-order chi connectivity index (χ0) is 15.3. The summed E-state index contributed by atoms with van der Waals surface area (Å²) in [7, 11) is 0. The average molecular weight is 284 g/mol. The molecule has 1 atom stereocenters. The zero-order valence-electron chi connectivity index (χ0n) is 11.8. The topological polar surface area (TPSA) is 87.2 Å². The second kappa shape index (κ2) is 7.04. The number of ether oxygens (including phenoxy) is 1. The summed E-state index contributed by atoms with van der Waals surface area (Å²) in [6.07, 6.45) is -1.02. The van der Waals surface area contributed by atoms with Crippen LogP contribution in [0, 0.1) is 0 Å². The number of nitrogens with zero attached hydrogens (tertiary/aromatic N) is 2. The smallest absolute Gasteiger partial charge is 0.333 e. The minimum absolute atomic E-state index is 0.0361. The zero-order valence-corrected chi connectivity index (χ0v) is 11.8. The van der Waals surface area contributed by atoms with E-state index in [4.69, 9.17) is 4.74 Å². The Hall–Kier alpha value is -1.89. The molecule has 1 aliphatic rings. The number of aliphatic hydroxyl groups excluding tert-OH is 1. The highest BCUT2D eigenvalue weighted by Crippen LogP contribution is 2.06. The predicted octanol–water partition coefficient (Wildman–Crippen LogP) is -0.843. The van der Waals surface area contributed by atoms with Gasteiger partial charge in [0.25, 0.3) is 0 Å². The van der Waals surface area contributed by atoms with E-state index in [1.807, 2.05) is 0 Å². The molecule has 1 fully saturated rings. The Labute approximate surface area is 117 Å². The number of hydrogen-bond donors (Lipinski definition) is 1. The molecular weight excluding hydrogens is 264 g/mol. The number of hydrogen-bond acceptors (Lipinski definition) is 5. The van der Waals surface area contributed by atoms with E-state index in [1.165, 1.54) is 16.7 Å². The van der Waals surface area contributed by atoms with Gasteiger partial charge < -0.3 is 19.6 Å². The number of aliphatic hydroxyl groups is 1. The van der Waals surface area contributed by atoms with E-state index < -0.39 is 23.9 Å². The van der Waals surface area contributed by atoms with Crippen LogP contribution in [0.4, 0.5) is 0 Å². The van der Waals surface area contributed by atoms with Gasteiger partial charge in [-0.2, -0.15) is 0 Å². The summed E-state index contributed by atoms with van der Waals surface area (Å²) >= 11 is 0. The molecule has 0 saturated carbocycles. The second-order valence-corrected chi connectivity index (χ2v) is 4.67. The van der Waals surface area contributed by atoms with Crippen LogP contribution in [0.3, 0.4) is 0 Å². The SMILES string of the molecule is C=C(C)C(=O)OCC(O)CN1CCN(CC)C(=O)C1=O. The molecule has 1 rings (SSSR count). The van der Waals surface area contributed by atoms with E-state index in [0.717, 1.165) is 0 Å². The van der Waals surface area contributed by atoms with Crippen molar-refractivity contribution in [3.63, 3.8) is 0 Å². The van der Waals surface area contributed by atoms with Gasteiger partial charge in [0, 0.05) is 25.2 Å². The Balaban J connectivity index is 2.44. The van der Waals surface area contributed by atoms with Crippen molar-refractivity contribution in [1.82, 2.24) is 9.80 Å². The lowest BCUT2D eigenvalue weighted by molar-refractivity contribution is -0.157. The lowest BCUT2D eigenvalue weighted by atomic mass is 10.2. The van der Waals surface area contributed by atoms with Crippen molar-refractivity contribution in [2.24, 2.45) is 0 Å². The molecule has 20 heavy (non-hydrogen) atoms. The Bertz CT molecular complexity index is 421. The van der Waals surface area contributed by atoms with Gasteiger partial charge in [0.05, 0.1) is 6.54 Å². The quantitative estimate of drug-likeness (QED) is 0.390. The van der Waals surface area contributed by atoms with Gasteiger partial charge >= 0.3 is 17.8 Å². The van der Waals surface area contributed by atoms with E-state index in [2.05, 4.69) is 6.58 Å². The fourth-order valence-electron chi connectivity index (χ4n) is 1.79. The third-order valence-corrected chi connectivity index (χ3v) is 2.97. The van der Waals surface area contributed by atoms with E-state index in [-0.39, 0.29) is 18.7 Å². The van der Waals surface area contributed by atoms with Crippen LogP contribution >= 0.6 is 0 Å². The standard InChI is InChI=1S/C13H20N2O5/c1-4-14-5-6-15(12(18)11(14)17)7-10(16)8-20-13(19)9(2)3/h10,16H,2,4-8H2,1,3H3. The number of carbonyl (C=O) groups excluding carboxylic acids is 3. The molecule has 0 aromatic heterocycles. The molecular formula is C13H20N2O5. The fraction of sp³-hybridized carbons (Fsp3) is 0.615. The van der Waals surface area contributed by atoms with Crippen LogP contribution in [-0.2, 0) is 19.1 Å². The molecule has 7 nitrogen and oxygen atoms in total. The molecule has 112 valence electrons. The maximum Gasteiger partial charge on any atom is 0.333 e. The van der Waals surface area contributed by atoms with Crippen LogP contribution in [0.5, 0.6) is 0 Å². The Morgan fingerprint density at radius 1 is 1.35 bits per heavy atom. The lowest BCUT2D eigenvalue weighted by Gasteiger charge is -2.34. The first-order chi connectivity index (χ1) is 9.36. The molecule has 0 aliphatic carbocycles. The summed E-state index contributed by atoms with van der Waals surface area (Å²) in [6, 6.07) is 0. The van der Waals surface area contributed by atoms with Gasteiger partial charge in [-0.05, 0) is 13.8 Å². The monoisotopic (exact) mass is 284 g/mol. The van der Waals surface area contributed by atoms with Gasteiger partial charge in [-0.25, -0.2) is 4.79 Å². The van der Waals surface area contributed by atoms with E-state index in [1.54, 1.807) is 6.92 Å². The van der Waals surface area contributed by atoms with Crippen LogP contribution in [0.15, 0.2) is 12.2 Å². The maximum atomic E-state index is 11.8. The van der Waals surface area contributed by atoms with Gasteiger partial charge in [-0.15, -0.1) is 0 Å². The molecule has 2 amide bonds. The molecule has 7 heteroatoms. The van der Waals surface area contributed by atoms with Crippen LogP contribution in [0.1, 0.15) is 13.8 Å². The first kappa shape index (κ1) is 16.2. The summed E-state index contributed by atoms with van der Waals surface area (Å²) in [6.45, 7) is 7.74. The van der Waals surface area contributed by atoms with E-state index in [9.17, 15) is 19.5 Å². The highest BCUT2D eigenvalue weighted by molar-refractivity contribution is 6.35. The number of esters is 1. The van der Waals surface area contributed by atoms with Crippen molar-refractivity contribution >= 4 is 17.8 Å². The molecule has 1 heterocycles. The molecule has 1 unspecified atom stereocenters. The third-order valence-electron chi connectivity index (χ3n) is 2.97. The lowest BCUT2D eigenvalue weighted by Crippen LogP contribution is -2.56. The van der Waals surface area contributed by atoms with Gasteiger partial charge in [-0.1, -0.05) is 6.58 Å². The molecule has 0 radical (unpaired) electrons. The average Bonchev–Trinajstić information content (AvgIpc) is 2.41. The Kier molecular flexibility index (Phi) is 5.69. The number of likely N-dealkylation sites (N-methyl/N-ethyl adjacent to an activating group) is 1. The van der Waals surface area contributed by atoms with Crippen molar-refractivity contribution in [1.29, 1.82) is 0 Å². The molecule has 0 spiro atoms. The Morgan fingerprint density at radius 2 is 1.90 bits per heavy atom. The van der Waals surface area contributed by atoms with Crippen LogP contribution in [-0.4, -0.2) is 71.6 Å². The van der Waals surface area contributed by atoms with Crippen molar-refractivity contribution in [2.75, 3.05) is 32.8 Å². The summed E-state index contributed by atoms with van der Waals surface area (Å²) in [4.78, 5) is 37.3. The minimum atomic E-state index is -1.02. The molecule has 1 saturated heterocycles. The third kappa shape index (κ3) is 4.06. The summed E-state index contributed by atoms with van der Waals surface area (Å²) in [5, 5.41) is 9.73. The van der Waals surface area contributed by atoms with E-state index in [0.29, 0.717) is 19.6 Å². The number of amides is 2. The second-order valence-electron chi connectivity index (χ2n) is 4.67. The Morgan fingerprint density at radius 3 is 2.45 bits per heavy atom. The van der Waals surface area contributed by atoms with Crippen molar-refractivity contribution in [2.45, 2.75) is 20.0 Å². The number of carbonyl (C=O) groups is 3. The van der Waals surface area contributed by atoms with Crippen LogP contribution < -0.4 is 0 Å². The summed E-state index contributed by atoms with van der Waals surface area (Å²) in [5.74, 6) is -1.80. The van der Waals surface area contributed by atoms with Crippen molar-refractivity contribution in [3.05, 3.63) is 12.2 Å². The van der Waals surface area contributed by atoms with Gasteiger partial charge in [0.1, 0.15) is 12.7 Å². The maximum absolute atomic E-state index is 11.8. The molecule has 0 aromatic rings. The predicted molar refractivity (Wildman–Crippen MR) is 70.6 cm³/mol. The van der Waals surface area contributed by atoms with Gasteiger partial charge in [0.15, 0.2) is 0 Å².